The lowest BCUT2D eigenvalue weighted by Crippen LogP contribution is -2.42. The van der Waals surface area contributed by atoms with Crippen LogP contribution >= 0.6 is 0 Å². The topological polar surface area (TPSA) is 354 Å². The number of nitrogens with one attached hydrogen (secondary N) is 4. The van der Waals surface area contributed by atoms with Crippen molar-refractivity contribution in [2.24, 2.45) is 11.8 Å². The van der Waals surface area contributed by atoms with E-state index in [0.717, 1.165) is 70.6 Å². The minimum atomic E-state index is -1.37. The fourth-order valence-corrected chi connectivity index (χ4v) is 7.61. The summed E-state index contributed by atoms with van der Waals surface area (Å²) in [6.45, 7) is 4.03. The van der Waals surface area contributed by atoms with Crippen molar-refractivity contribution in [3.8, 4) is 0 Å². The Morgan fingerprint density at radius 2 is 0.895 bits per heavy atom. The summed E-state index contributed by atoms with van der Waals surface area (Å²) in [6.07, 6.45) is 13.9. The smallest absolute Gasteiger partial charge is 0.326 e. The molecule has 23 heteroatoms. The summed E-state index contributed by atoms with van der Waals surface area (Å²) in [5, 5.41) is 47.4. The minimum absolute atomic E-state index is 0. The molecule has 0 aromatic rings. The number of carboxylic acid groups (broad SMARTS) is 4. The zero-order chi connectivity index (χ0) is 56.8. The van der Waals surface area contributed by atoms with Gasteiger partial charge in [0.05, 0.1) is 39.0 Å². The average molecular weight is 1090 g/mol. The van der Waals surface area contributed by atoms with E-state index in [1.165, 1.54) is 13.3 Å². The van der Waals surface area contributed by atoms with Crippen LogP contribution in [0.5, 0.6) is 0 Å². The molecule has 8 N–H and O–H groups in total. The molecule has 0 aliphatic heterocycles. The molecule has 0 rings (SSSR count). The summed E-state index contributed by atoms with van der Waals surface area (Å²) in [5.41, 5.74) is 0. The summed E-state index contributed by atoms with van der Waals surface area (Å²) in [7, 11) is 0. The Hall–Kier alpha value is -5.39. The molecule has 0 fully saturated rings. The van der Waals surface area contributed by atoms with Gasteiger partial charge in [0.2, 0.25) is 23.6 Å². The molecule has 438 valence electrons. The molecule has 0 unspecified atom stereocenters. The summed E-state index contributed by atoms with van der Waals surface area (Å²) in [5.74, 6) is -8.32. The highest BCUT2D eigenvalue weighted by molar-refractivity contribution is 5.87. The second-order valence-electron chi connectivity index (χ2n) is 19.1. The number of aliphatic carboxylic acids is 4. The Kier molecular flexibility index (Phi) is 43.5. The molecule has 0 spiro atoms. The summed E-state index contributed by atoms with van der Waals surface area (Å²) < 4.78 is 21.4. The van der Waals surface area contributed by atoms with Crippen molar-refractivity contribution in [3.63, 3.8) is 0 Å². The third-order valence-electron chi connectivity index (χ3n) is 12.4. The molecule has 4 atom stereocenters. The van der Waals surface area contributed by atoms with Crippen LogP contribution in [0.25, 0.3) is 0 Å². The van der Waals surface area contributed by atoms with Crippen LogP contribution in [-0.4, -0.2) is 163 Å². The van der Waals surface area contributed by atoms with Crippen LogP contribution in [0.2, 0.25) is 0 Å². The van der Waals surface area contributed by atoms with E-state index in [9.17, 15) is 68.1 Å². The highest BCUT2D eigenvalue weighted by Crippen LogP contribution is 2.15. The molecular formula is C53H92N4O19. The van der Waals surface area contributed by atoms with Gasteiger partial charge in [-0.25, -0.2) is 9.59 Å². The van der Waals surface area contributed by atoms with E-state index in [2.05, 4.69) is 21.3 Å². The largest absolute Gasteiger partial charge is 0.481 e. The second-order valence-corrected chi connectivity index (χ2v) is 19.1. The highest BCUT2D eigenvalue weighted by atomic mass is 16.5. The molecule has 0 aromatic heterocycles. The van der Waals surface area contributed by atoms with Gasteiger partial charge >= 0.3 is 23.9 Å². The first-order chi connectivity index (χ1) is 36.3. The number of carboxylic acids is 4. The minimum Gasteiger partial charge on any atom is -0.481 e. The van der Waals surface area contributed by atoms with Crippen molar-refractivity contribution >= 4 is 64.9 Å². The fourth-order valence-electron chi connectivity index (χ4n) is 7.61. The standard InChI is InChI=1S/C53H90N4O19.H2/c1-39(40(2)58)18-15-16-28-54-46(61)27-25-45(53(71)72)57-48(63)26-22-41(51(67)68)36-43(60)37-75-34-33-74-31-29-55-49(64)38-76-35-32-73-30-17-19-42(59)23-24-44(52(69)70)56-47(62)20-13-11-9-7-5-3-4-6-8-10-12-14-21-50(65)66;/h39,41,44-45H,3-38H2,1-2H3,(H,54,61)(H,55,64)(H,56,62)(H,57,63)(H,65,66)(H,67,68)(H,69,70)(H,71,72);1H/t39-,41+,44-,45-;/m0./s1. The summed E-state index contributed by atoms with van der Waals surface area (Å²) in [6, 6.07) is -2.51. The summed E-state index contributed by atoms with van der Waals surface area (Å²) in [4.78, 5) is 131. The van der Waals surface area contributed by atoms with E-state index in [0.29, 0.717) is 32.2 Å². The molecule has 23 nitrogen and oxygen atoms in total. The number of hydrogen-bond donors (Lipinski definition) is 8. The van der Waals surface area contributed by atoms with Crippen LogP contribution in [0.15, 0.2) is 0 Å². The van der Waals surface area contributed by atoms with Gasteiger partial charge in [-0.1, -0.05) is 77.6 Å². The predicted molar refractivity (Wildman–Crippen MR) is 279 cm³/mol. The van der Waals surface area contributed by atoms with Gasteiger partial charge in [0.15, 0.2) is 5.78 Å². The van der Waals surface area contributed by atoms with Crippen molar-refractivity contribution in [2.45, 2.75) is 193 Å². The maximum absolute atomic E-state index is 12.5. The molecule has 0 aromatic carbocycles. The monoisotopic (exact) mass is 1090 g/mol. The van der Waals surface area contributed by atoms with E-state index in [4.69, 9.17) is 24.1 Å². The fraction of sp³-hybridized carbons (Fsp3) is 0.792. The number of Topliss-reactive ketones (excluding diaryl/α,β-unsaturated/α-hetero) is 3. The van der Waals surface area contributed by atoms with Crippen LogP contribution in [0.1, 0.15) is 182 Å². The Morgan fingerprint density at radius 3 is 1.45 bits per heavy atom. The molecular weight excluding hydrogens is 997 g/mol. The maximum atomic E-state index is 12.5. The third-order valence-corrected chi connectivity index (χ3v) is 12.4. The first-order valence-electron chi connectivity index (χ1n) is 27.2. The lowest BCUT2D eigenvalue weighted by atomic mass is 9.97. The van der Waals surface area contributed by atoms with Crippen LogP contribution in [0.4, 0.5) is 0 Å². The van der Waals surface area contributed by atoms with Crippen molar-refractivity contribution in [1.82, 2.24) is 21.3 Å². The van der Waals surface area contributed by atoms with Gasteiger partial charge in [-0.2, -0.15) is 0 Å². The molecule has 0 radical (unpaired) electrons. The van der Waals surface area contributed by atoms with Crippen LogP contribution < -0.4 is 21.3 Å². The van der Waals surface area contributed by atoms with Crippen LogP contribution in [0.3, 0.4) is 0 Å². The Labute approximate surface area is 449 Å². The zero-order valence-electron chi connectivity index (χ0n) is 45.2. The van der Waals surface area contributed by atoms with E-state index in [-0.39, 0.29) is 135 Å². The summed E-state index contributed by atoms with van der Waals surface area (Å²) >= 11 is 0. The second kappa shape index (κ2) is 46.9. The van der Waals surface area contributed by atoms with Gasteiger partial charge in [0.1, 0.15) is 36.9 Å². The van der Waals surface area contributed by atoms with Crippen molar-refractivity contribution in [3.05, 3.63) is 0 Å². The van der Waals surface area contributed by atoms with E-state index in [1.807, 2.05) is 6.92 Å². The Bertz CT molecular complexity index is 1740. The molecule has 0 aliphatic rings. The van der Waals surface area contributed by atoms with E-state index < -0.39 is 78.4 Å². The molecule has 4 amide bonds. The number of amides is 4. The number of unbranched alkanes of at least 4 members (excludes halogenated alkanes) is 12. The van der Waals surface area contributed by atoms with Gasteiger partial charge in [-0.05, 0) is 58.3 Å². The number of rotatable bonds is 54. The van der Waals surface area contributed by atoms with Gasteiger partial charge < -0.3 is 60.6 Å². The molecule has 0 bridgehead atoms. The van der Waals surface area contributed by atoms with Crippen molar-refractivity contribution in [2.75, 3.05) is 65.9 Å². The van der Waals surface area contributed by atoms with Crippen molar-refractivity contribution in [1.29, 1.82) is 0 Å². The van der Waals surface area contributed by atoms with Gasteiger partial charge in [0.25, 0.3) is 0 Å². The average Bonchev–Trinajstić information content (AvgIpc) is 3.36. The number of hydrogen-bond acceptors (Lipinski definition) is 15. The number of carbonyl (C=O) groups is 11. The van der Waals surface area contributed by atoms with Crippen molar-refractivity contribution < 1.29 is 93.5 Å². The molecule has 0 saturated carbocycles. The van der Waals surface area contributed by atoms with E-state index >= 15 is 0 Å². The quantitative estimate of drug-likeness (QED) is 0.0373. The SMILES string of the molecule is CC(=O)[C@@H](C)CCCCNC(=O)CC[C@H](NC(=O)CC[C@H](CC(=O)COCCOCCNC(=O)COCCOCCCC(=O)CC[C@H](NC(=O)CCCCCCCCCCCCCCC(=O)O)C(=O)O)C(=O)O)C(=O)O.[HH]. The van der Waals surface area contributed by atoms with Gasteiger partial charge in [-0.15, -0.1) is 0 Å². The Morgan fingerprint density at radius 1 is 0.408 bits per heavy atom. The molecule has 0 saturated heterocycles. The lowest BCUT2D eigenvalue weighted by molar-refractivity contribution is -0.145. The highest BCUT2D eigenvalue weighted by Gasteiger charge is 2.26. The van der Waals surface area contributed by atoms with Gasteiger partial charge in [-0.3, -0.25) is 43.2 Å². The van der Waals surface area contributed by atoms with Gasteiger partial charge in [0, 0.05) is 72.0 Å². The molecule has 76 heavy (non-hydrogen) atoms. The number of carbonyl (C=O) groups excluding carboxylic acids is 7. The first-order valence-corrected chi connectivity index (χ1v) is 27.2. The zero-order valence-corrected chi connectivity index (χ0v) is 45.2. The predicted octanol–water partition coefficient (Wildman–Crippen LogP) is 4.96. The number of ether oxygens (including phenoxy) is 4. The van der Waals surface area contributed by atoms with E-state index in [1.54, 1.807) is 0 Å². The first kappa shape index (κ1) is 70.6. The Balaban J connectivity index is 0. The lowest BCUT2D eigenvalue weighted by Gasteiger charge is -2.16. The normalized spacial score (nSPS) is 12.7. The molecule has 0 aliphatic carbocycles. The maximum Gasteiger partial charge on any atom is 0.326 e. The number of ketones is 3. The molecule has 0 heterocycles. The third kappa shape index (κ3) is 43.8. The van der Waals surface area contributed by atoms with Crippen LogP contribution in [0, 0.1) is 11.8 Å². The van der Waals surface area contributed by atoms with Crippen LogP contribution in [-0.2, 0) is 71.7 Å².